The molecule has 8 heteroatoms. The van der Waals surface area contributed by atoms with Crippen LogP contribution in [0.25, 0.3) is 0 Å². The summed E-state index contributed by atoms with van der Waals surface area (Å²) in [4.78, 5) is 7.84. The number of halogens is 2. The zero-order valence-electron chi connectivity index (χ0n) is 9.42. The molecule has 1 aromatic carbocycles. The van der Waals surface area contributed by atoms with E-state index in [1.54, 1.807) is 0 Å². The zero-order chi connectivity index (χ0) is 13.8. The number of nitrogens with two attached hydrogens (primary N) is 1. The molecule has 0 saturated heterocycles. The van der Waals surface area contributed by atoms with E-state index in [4.69, 9.17) is 15.7 Å². The molecular weight excluding hydrogens is 319 g/mol. The Morgan fingerprint density at radius 2 is 2.16 bits per heavy atom. The molecule has 0 unspecified atom stereocenters. The molecule has 0 atom stereocenters. The van der Waals surface area contributed by atoms with Crippen LogP contribution in [-0.4, -0.2) is 21.0 Å². The molecule has 1 heterocycles. The summed E-state index contributed by atoms with van der Waals surface area (Å²) in [7, 11) is 0. The van der Waals surface area contributed by atoms with Crippen molar-refractivity contribution in [2.75, 3.05) is 0 Å². The predicted octanol–water partition coefficient (Wildman–Crippen LogP) is 2.26. The minimum Gasteiger partial charge on any atom is -0.436 e. The van der Waals surface area contributed by atoms with Crippen molar-refractivity contribution >= 4 is 21.8 Å². The van der Waals surface area contributed by atoms with Crippen LogP contribution in [0.1, 0.15) is 5.69 Å². The van der Waals surface area contributed by atoms with Gasteiger partial charge in [0.15, 0.2) is 5.84 Å². The Kier molecular flexibility index (Phi) is 3.91. The van der Waals surface area contributed by atoms with Gasteiger partial charge in [0.1, 0.15) is 17.3 Å². The van der Waals surface area contributed by atoms with Crippen LogP contribution in [0, 0.1) is 5.82 Å². The van der Waals surface area contributed by atoms with E-state index >= 15 is 0 Å². The molecule has 1 aromatic heterocycles. The average molecular weight is 327 g/mol. The fourth-order valence-electron chi connectivity index (χ4n) is 1.22. The lowest BCUT2D eigenvalue weighted by atomic mass is 10.3. The average Bonchev–Trinajstić information content (AvgIpc) is 2.42. The standard InChI is InChI=1S/C11H8BrFN4O2/c12-7-3-6(13)1-2-9(7)19-10-5-15-8(4-16-10)11(14)17-18/h1-5,18H,(H2,14,17). The molecule has 0 aliphatic carbocycles. The quantitative estimate of drug-likeness (QED) is 0.390. The second-order valence-electron chi connectivity index (χ2n) is 3.40. The van der Waals surface area contributed by atoms with Crippen LogP contribution in [0.3, 0.4) is 0 Å². The molecule has 19 heavy (non-hydrogen) atoms. The fraction of sp³-hybridized carbons (Fsp3) is 0. The first kappa shape index (κ1) is 13.2. The number of amidine groups is 1. The van der Waals surface area contributed by atoms with Gasteiger partial charge in [-0.1, -0.05) is 5.16 Å². The maximum Gasteiger partial charge on any atom is 0.237 e. The maximum absolute atomic E-state index is 12.9. The number of ether oxygens (including phenoxy) is 1. The van der Waals surface area contributed by atoms with E-state index < -0.39 is 0 Å². The van der Waals surface area contributed by atoms with E-state index in [1.807, 2.05) is 0 Å². The molecule has 3 N–H and O–H groups in total. The van der Waals surface area contributed by atoms with Crippen molar-refractivity contribution in [3.8, 4) is 11.6 Å². The van der Waals surface area contributed by atoms with Crippen molar-refractivity contribution in [1.29, 1.82) is 0 Å². The lowest BCUT2D eigenvalue weighted by Crippen LogP contribution is -2.15. The van der Waals surface area contributed by atoms with Gasteiger partial charge in [-0.05, 0) is 34.1 Å². The van der Waals surface area contributed by atoms with Gasteiger partial charge >= 0.3 is 0 Å². The summed E-state index contributed by atoms with van der Waals surface area (Å²) in [6.45, 7) is 0. The van der Waals surface area contributed by atoms with Gasteiger partial charge in [-0.25, -0.2) is 14.4 Å². The van der Waals surface area contributed by atoms with Gasteiger partial charge in [0.25, 0.3) is 0 Å². The zero-order valence-corrected chi connectivity index (χ0v) is 11.0. The van der Waals surface area contributed by atoms with Gasteiger partial charge < -0.3 is 15.7 Å². The minimum atomic E-state index is -0.382. The summed E-state index contributed by atoms with van der Waals surface area (Å²) in [5, 5.41) is 11.3. The third-order valence-corrected chi connectivity index (χ3v) is 2.73. The van der Waals surface area contributed by atoms with Crippen LogP contribution in [0.15, 0.2) is 40.2 Å². The highest BCUT2D eigenvalue weighted by Crippen LogP contribution is 2.28. The van der Waals surface area contributed by atoms with Crippen molar-refractivity contribution in [2.45, 2.75) is 0 Å². The van der Waals surface area contributed by atoms with E-state index in [0.717, 1.165) is 0 Å². The highest BCUT2D eigenvalue weighted by atomic mass is 79.9. The first-order valence-electron chi connectivity index (χ1n) is 5.03. The van der Waals surface area contributed by atoms with E-state index in [0.29, 0.717) is 10.2 Å². The Morgan fingerprint density at radius 1 is 1.37 bits per heavy atom. The molecule has 0 fully saturated rings. The summed E-state index contributed by atoms with van der Waals surface area (Å²) in [6, 6.07) is 3.99. The van der Waals surface area contributed by atoms with E-state index in [9.17, 15) is 4.39 Å². The monoisotopic (exact) mass is 326 g/mol. The highest BCUT2D eigenvalue weighted by molar-refractivity contribution is 9.10. The molecule has 0 amide bonds. The third-order valence-electron chi connectivity index (χ3n) is 2.11. The van der Waals surface area contributed by atoms with Crippen molar-refractivity contribution < 1.29 is 14.3 Å². The first-order chi connectivity index (χ1) is 9.10. The molecule has 0 bridgehead atoms. The van der Waals surface area contributed by atoms with E-state index in [2.05, 4.69) is 31.1 Å². The lowest BCUT2D eigenvalue weighted by Gasteiger charge is -2.06. The summed E-state index contributed by atoms with van der Waals surface area (Å²) in [5.74, 6) is 0.0589. The van der Waals surface area contributed by atoms with Crippen molar-refractivity contribution in [2.24, 2.45) is 10.9 Å². The molecule has 0 spiro atoms. The molecule has 0 radical (unpaired) electrons. The van der Waals surface area contributed by atoms with Crippen LogP contribution in [0.2, 0.25) is 0 Å². The van der Waals surface area contributed by atoms with Gasteiger partial charge in [0.05, 0.1) is 16.9 Å². The molecule has 2 aromatic rings. The van der Waals surface area contributed by atoms with E-state index in [-0.39, 0.29) is 23.2 Å². The van der Waals surface area contributed by atoms with Gasteiger partial charge in [-0.3, -0.25) is 0 Å². The number of hydrogen-bond donors (Lipinski definition) is 2. The normalized spacial score (nSPS) is 11.4. The van der Waals surface area contributed by atoms with Crippen molar-refractivity contribution in [3.05, 3.63) is 46.6 Å². The number of aromatic nitrogens is 2. The summed E-state index contributed by atoms with van der Waals surface area (Å²) >= 11 is 3.17. The largest absolute Gasteiger partial charge is 0.436 e. The van der Waals surface area contributed by atoms with Crippen LogP contribution in [-0.2, 0) is 0 Å². The minimum absolute atomic E-state index is 0.151. The maximum atomic E-state index is 12.9. The molecule has 0 aliphatic rings. The second kappa shape index (κ2) is 5.61. The molecule has 0 saturated carbocycles. The lowest BCUT2D eigenvalue weighted by molar-refractivity contribution is 0.318. The summed E-state index contributed by atoms with van der Waals surface area (Å²) in [5.41, 5.74) is 5.56. The number of hydrogen-bond acceptors (Lipinski definition) is 5. The molecule has 2 rings (SSSR count). The van der Waals surface area contributed by atoms with Crippen molar-refractivity contribution in [1.82, 2.24) is 9.97 Å². The van der Waals surface area contributed by atoms with Crippen LogP contribution < -0.4 is 10.5 Å². The Bertz CT molecular complexity index is 619. The fourth-order valence-corrected chi connectivity index (χ4v) is 1.65. The van der Waals surface area contributed by atoms with Gasteiger partial charge in [-0.2, -0.15) is 0 Å². The van der Waals surface area contributed by atoms with Crippen LogP contribution in [0.4, 0.5) is 4.39 Å². The van der Waals surface area contributed by atoms with Crippen LogP contribution in [0.5, 0.6) is 11.6 Å². The molecular formula is C11H8BrFN4O2. The second-order valence-corrected chi connectivity index (χ2v) is 4.26. The third kappa shape index (κ3) is 3.16. The Morgan fingerprint density at radius 3 is 2.74 bits per heavy atom. The molecule has 6 nitrogen and oxygen atoms in total. The summed E-state index contributed by atoms with van der Waals surface area (Å²) < 4.78 is 18.8. The Labute approximate surface area is 115 Å². The topological polar surface area (TPSA) is 93.6 Å². The smallest absolute Gasteiger partial charge is 0.237 e. The Hall–Kier alpha value is -2.22. The molecule has 0 aliphatic heterocycles. The highest BCUT2D eigenvalue weighted by Gasteiger charge is 2.07. The number of nitrogens with zero attached hydrogens (tertiary/aromatic N) is 3. The Balaban J connectivity index is 2.20. The number of rotatable bonds is 3. The predicted molar refractivity (Wildman–Crippen MR) is 68.7 cm³/mol. The van der Waals surface area contributed by atoms with Gasteiger partial charge in [0.2, 0.25) is 5.88 Å². The van der Waals surface area contributed by atoms with E-state index in [1.165, 1.54) is 30.6 Å². The van der Waals surface area contributed by atoms with Gasteiger partial charge in [0, 0.05) is 0 Å². The van der Waals surface area contributed by atoms with Crippen molar-refractivity contribution in [3.63, 3.8) is 0 Å². The number of oxime groups is 1. The molecule has 98 valence electrons. The van der Waals surface area contributed by atoms with Gasteiger partial charge in [-0.15, -0.1) is 0 Å². The number of benzene rings is 1. The van der Waals surface area contributed by atoms with Crippen LogP contribution >= 0.6 is 15.9 Å². The SMILES string of the molecule is NC(=NO)c1cnc(Oc2ccc(F)cc2Br)cn1. The first-order valence-corrected chi connectivity index (χ1v) is 5.82. The summed E-state index contributed by atoms with van der Waals surface area (Å²) in [6.07, 6.45) is 2.60.